The van der Waals surface area contributed by atoms with Gasteiger partial charge in [-0.1, -0.05) is 18.9 Å². The van der Waals surface area contributed by atoms with Crippen LogP contribution >= 0.6 is 11.3 Å². The summed E-state index contributed by atoms with van der Waals surface area (Å²) in [5, 5.41) is 6.14. The van der Waals surface area contributed by atoms with E-state index >= 15 is 0 Å². The number of thiophene rings is 1. The van der Waals surface area contributed by atoms with E-state index in [0.717, 1.165) is 12.0 Å². The minimum atomic E-state index is 0.256. The van der Waals surface area contributed by atoms with Crippen LogP contribution in [-0.2, 0) is 5.54 Å². The maximum absolute atomic E-state index is 3.92. The van der Waals surface area contributed by atoms with Gasteiger partial charge in [0.25, 0.3) is 0 Å². The normalized spacial score (nSPS) is 25.8. The summed E-state index contributed by atoms with van der Waals surface area (Å²) in [4.78, 5) is 1.55. The van der Waals surface area contributed by atoms with Crippen LogP contribution < -0.4 is 5.32 Å². The SMILES string of the molecule is CC(NC1CC1)(c1cccs1)C1CCCC1. The number of hydrogen-bond donors (Lipinski definition) is 1. The van der Waals surface area contributed by atoms with Crippen molar-refractivity contribution in [3.8, 4) is 0 Å². The molecule has 0 radical (unpaired) electrons. The minimum absolute atomic E-state index is 0.256. The van der Waals surface area contributed by atoms with Crippen molar-refractivity contribution in [2.45, 2.75) is 57.0 Å². The quantitative estimate of drug-likeness (QED) is 0.834. The molecular weight excluding hydrogens is 214 g/mol. The molecule has 2 fully saturated rings. The Kier molecular flexibility index (Phi) is 2.80. The number of hydrogen-bond acceptors (Lipinski definition) is 2. The molecule has 0 spiro atoms. The third-order valence-corrected chi connectivity index (χ3v) is 5.39. The van der Waals surface area contributed by atoms with Crippen LogP contribution in [0, 0.1) is 5.92 Å². The molecule has 88 valence electrons. The van der Waals surface area contributed by atoms with Gasteiger partial charge in [-0.2, -0.15) is 0 Å². The molecule has 0 amide bonds. The molecule has 0 aliphatic heterocycles. The van der Waals surface area contributed by atoms with Crippen LogP contribution in [0.3, 0.4) is 0 Å². The van der Waals surface area contributed by atoms with Gasteiger partial charge in [-0.25, -0.2) is 0 Å². The van der Waals surface area contributed by atoms with Crippen LogP contribution in [0.15, 0.2) is 17.5 Å². The lowest BCUT2D eigenvalue weighted by atomic mass is 9.82. The van der Waals surface area contributed by atoms with Crippen LogP contribution in [0.2, 0.25) is 0 Å². The van der Waals surface area contributed by atoms with E-state index < -0.39 is 0 Å². The lowest BCUT2D eigenvalue weighted by Crippen LogP contribution is -2.45. The van der Waals surface area contributed by atoms with Gasteiger partial charge in [-0.3, -0.25) is 0 Å². The van der Waals surface area contributed by atoms with Crippen LogP contribution in [0.4, 0.5) is 0 Å². The molecule has 2 heteroatoms. The maximum Gasteiger partial charge on any atom is 0.0530 e. The maximum atomic E-state index is 3.92. The van der Waals surface area contributed by atoms with Gasteiger partial charge in [0.05, 0.1) is 5.54 Å². The molecule has 1 aromatic rings. The summed E-state index contributed by atoms with van der Waals surface area (Å²) in [5.74, 6) is 0.853. The molecule has 0 saturated heterocycles. The Morgan fingerprint density at radius 3 is 2.56 bits per heavy atom. The third kappa shape index (κ3) is 1.93. The highest BCUT2D eigenvalue weighted by Gasteiger charge is 2.41. The standard InChI is InChI=1S/C14H21NS/c1-14(15-12-8-9-12,11-5-2-3-6-11)13-7-4-10-16-13/h4,7,10-12,15H,2-3,5-6,8-9H2,1H3. The molecule has 0 aromatic carbocycles. The predicted octanol–water partition coefficient (Wildman–Crippen LogP) is 3.91. The highest BCUT2D eigenvalue weighted by molar-refractivity contribution is 7.10. The zero-order chi connectivity index (χ0) is 11.0. The molecule has 0 bridgehead atoms. The summed E-state index contributed by atoms with van der Waals surface area (Å²) >= 11 is 1.92. The van der Waals surface area contributed by atoms with Gasteiger partial charge in [0.15, 0.2) is 0 Å². The Hall–Kier alpha value is -0.340. The molecule has 2 aliphatic carbocycles. The Balaban J connectivity index is 1.85. The van der Waals surface area contributed by atoms with Crippen LogP contribution in [-0.4, -0.2) is 6.04 Å². The van der Waals surface area contributed by atoms with E-state index in [0.29, 0.717) is 0 Å². The lowest BCUT2D eigenvalue weighted by Gasteiger charge is -2.36. The molecule has 1 unspecified atom stereocenters. The summed E-state index contributed by atoms with van der Waals surface area (Å²) in [6.45, 7) is 2.44. The molecule has 1 atom stereocenters. The Bertz CT molecular complexity index is 336. The molecular formula is C14H21NS. The summed E-state index contributed by atoms with van der Waals surface area (Å²) in [6, 6.07) is 5.31. The molecule has 2 aliphatic rings. The first kappa shape index (κ1) is 10.8. The highest BCUT2D eigenvalue weighted by atomic mass is 32.1. The first-order valence-corrected chi connectivity index (χ1v) is 7.49. The van der Waals surface area contributed by atoms with Crippen LogP contribution in [0.25, 0.3) is 0 Å². The van der Waals surface area contributed by atoms with Crippen molar-refractivity contribution >= 4 is 11.3 Å². The summed E-state index contributed by atoms with van der Waals surface area (Å²) in [7, 11) is 0. The smallest absolute Gasteiger partial charge is 0.0530 e. The van der Waals surface area contributed by atoms with Gasteiger partial charge < -0.3 is 5.32 Å². The topological polar surface area (TPSA) is 12.0 Å². The van der Waals surface area contributed by atoms with E-state index in [9.17, 15) is 0 Å². The lowest BCUT2D eigenvalue weighted by molar-refractivity contribution is 0.237. The van der Waals surface area contributed by atoms with Gasteiger partial charge in [0.1, 0.15) is 0 Å². The number of nitrogens with one attached hydrogen (secondary N) is 1. The highest BCUT2D eigenvalue weighted by Crippen LogP contribution is 2.43. The molecule has 3 rings (SSSR count). The van der Waals surface area contributed by atoms with E-state index in [2.05, 4.69) is 29.8 Å². The Labute approximate surface area is 102 Å². The summed E-state index contributed by atoms with van der Waals surface area (Å²) < 4.78 is 0. The zero-order valence-corrected chi connectivity index (χ0v) is 10.9. The minimum Gasteiger partial charge on any atom is -0.304 e. The van der Waals surface area contributed by atoms with E-state index in [1.54, 1.807) is 4.88 Å². The fourth-order valence-corrected chi connectivity index (χ4v) is 4.05. The second-order valence-corrected chi connectivity index (χ2v) is 6.53. The average molecular weight is 235 g/mol. The Morgan fingerprint density at radius 2 is 2.00 bits per heavy atom. The van der Waals surface area contributed by atoms with Gasteiger partial charge in [-0.15, -0.1) is 11.3 Å². The van der Waals surface area contributed by atoms with E-state index in [1.807, 2.05) is 11.3 Å². The molecule has 1 nitrogen and oxygen atoms in total. The fourth-order valence-electron chi connectivity index (χ4n) is 3.12. The van der Waals surface area contributed by atoms with Crippen molar-refractivity contribution in [3.63, 3.8) is 0 Å². The summed E-state index contributed by atoms with van der Waals surface area (Å²) in [5.41, 5.74) is 0.256. The van der Waals surface area contributed by atoms with Crippen molar-refractivity contribution in [1.82, 2.24) is 5.32 Å². The predicted molar refractivity (Wildman–Crippen MR) is 69.8 cm³/mol. The van der Waals surface area contributed by atoms with Gasteiger partial charge in [0, 0.05) is 10.9 Å². The molecule has 16 heavy (non-hydrogen) atoms. The second kappa shape index (κ2) is 4.15. The van der Waals surface area contributed by atoms with Gasteiger partial charge >= 0.3 is 0 Å². The monoisotopic (exact) mass is 235 g/mol. The average Bonchev–Trinajstić information content (AvgIpc) is 2.83. The largest absolute Gasteiger partial charge is 0.304 e. The fraction of sp³-hybridized carbons (Fsp3) is 0.714. The van der Waals surface area contributed by atoms with Gasteiger partial charge in [0.2, 0.25) is 0 Å². The van der Waals surface area contributed by atoms with E-state index in [-0.39, 0.29) is 5.54 Å². The van der Waals surface area contributed by atoms with E-state index in [1.165, 1.54) is 38.5 Å². The molecule has 2 saturated carbocycles. The van der Waals surface area contributed by atoms with Crippen LogP contribution in [0.5, 0.6) is 0 Å². The van der Waals surface area contributed by atoms with Crippen molar-refractivity contribution in [2.24, 2.45) is 5.92 Å². The second-order valence-electron chi connectivity index (χ2n) is 5.58. The van der Waals surface area contributed by atoms with E-state index in [4.69, 9.17) is 0 Å². The Morgan fingerprint density at radius 1 is 1.25 bits per heavy atom. The molecule has 1 heterocycles. The third-order valence-electron chi connectivity index (χ3n) is 4.29. The van der Waals surface area contributed by atoms with Crippen molar-refractivity contribution < 1.29 is 0 Å². The van der Waals surface area contributed by atoms with Crippen LogP contribution in [0.1, 0.15) is 50.3 Å². The van der Waals surface area contributed by atoms with Crippen molar-refractivity contribution in [1.29, 1.82) is 0 Å². The van der Waals surface area contributed by atoms with Crippen molar-refractivity contribution in [2.75, 3.05) is 0 Å². The molecule has 1 N–H and O–H groups in total. The zero-order valence-electron chi connectivity index (χ0n) is 10.0. The van der Waals surface area contributed by atoms with Crippen molar-refractivity contribution in [3.05, 3.63) is 22.4 Å². The van der Waals surface area contributed by atoms with Gasteiger partial charge in [-0.05, 0) is 50.0 Å². The first-order chi connectivity index (χ1) is 7.79. The number of rotatable bonds is 4. The first-order valence-electron chi connectivity index (χ1n) is 6.61. The summed E-state index contributed by atoms with van der Waals surface area (Å²) in [6.07, 6.45) is 8.44. The molecule has 1 aromatic heterocycles.